The summed E-state index contributed by atoms with van der Waals surface area (Å²) in [4.78, 5) is 15.9. The lowest BCUT2D eigenvalue weighted by molar-refractivity contribution is -0.787. The summed E-state index contributed by atoms with van der Waals surface area (Å²) in [5.41, 5.74) is 7.72. The molecule has 3 N–H and O–H groups in total. The maximum Gasteiger partial charge on any atom is 0.248 e. The summed E-state index contributed by atoms with van der Waals surface area (Å²) >= 11 is 0. The number of aliphatic imine (C=N–C) groups is 1. The predicted octanol–water partition coefficient (Wildman–Crippen LogP) is 1.32. The molecule has 5 heteroatoms. The number of primary amides is 1. The number of rotatable bonds is 3. The van der Waals surface area contributed by atoms with Crippen LogP contribution in [0.2, 0.25) is 0 Å². The van der Waals surface area contributed by atoms with Crippen LogP contribution in [0.3, 0.4) is 0 Å². The molecule has 0 saturated carbocycles. The Morgan fingerprint density at radius 1 is 1.38 bits per heavy atom. The highest BCUT2D eigenvalue weighted by atomic mass is 16.1. The van der Waals surface area contributed by atoms with Crippen LogP contribution in [0, 0.1) is 0 Å². The van der Waals surface area contributed by atoms with Gasteiger partial charge in [0.05, 0.1) is 7.05 Å². The van der Waals surface area contributed by atoms with Gasteiger partial charge >= 0.3 is 0 Å². The molecule has 3 rings (SSSR count). The monoisotopic (exact) mass is 285 g/mol. The Morgan fingerprint density at radius 3 is 2.86 bits per heavy atom. The van der Waals surface area contributed by atoms with Crippen LogP contribution >= 0.6 is 0 Å². The number of carbonyl (C=O) groups excluding carboxylic acids is 1. The fraction of sp³-hybridized carbons (Fsp3) is 0.375. The molecule has 2 heterocycles. The van der Waals surface area contributed by atoms with Gasteiger partial charge in [-0.3, -0.25) is 9.28 Å². The van der Waals surface area contributed by atoms with E-state index in [1.165, 1.54) is 0 Å². The molecule has 1 aromatic carbocycles. The summed E-state index contributed by atoms with van der Waals surface area (Å²) in [7, 11) is 2.18. The first kappa shape index (κ1) is 14.0. The summed E-state index contributed by atoms with van der Waals surface area (Å²) in [6.45, 7) is 2.12. The molecule has 5 nitrogen and oxygen atoms in total. The first-order chi connectivity index (χ1) is 10.1. The highest BCUT2D eigenvalue weighted by Crippen LogP contribution is 2.29. The van der Waals surface area contributed by atoms with E-state index in [9.17, 15) is 4.79 Å². The van der Waals surface area contributed by atoms with Gasteiger partial charge in [-0.25, -0.2) is 0 Å². The third kappa shape index (κ3) is 2.75. The topological polar surface area (TPSA) is 67.5 Å². The molecule has 0 spiro atoms. The van der Waals surface area contributed by atoms with Gasteiger partial charge < -0.3 is 11.1 Å². The van der Waals surface area contributed by atoms with Crippen molar-refractivity contribution >= 4 is 17.9 Å². The normalized spacial score (nSPS) is 25.9. The SMILES string of the molecule is C[N+]1(C2CCNCC2)C=NC(c2cccc(C(N)=O)c2)=C1. The summed E-state index contributed by atoms with van der Waals surface area (Å²) in [6.07, 6.45) is 6.47. The van der Waals surface area contributed by atoms with Gasteiger partial charge in [0.25, 0.3) is 0 Å². The molecule has 0 bridgehead atoms. The average molecular weight is 285 g/mol. The van der Waals surface area contributed by atoms with E-state index in [2.05, 4.69) is 23.6 Å². The molecule has 2 aliphatic heterocycles. The number of quaternary nitrogens is 1. The molecule has 1 unspecified atom stereocenters. The molecule has 1 amide bonds. The first-order valence-electron chi connectivity index (χ1n) is 7.33. The van der Waals surface area contributed by atoms with Crippen molar-refractivity contribution < 1.29 is 9.28 Å². The molecule has 110 valence electrons. The summed E-state index contributed by atoms with van der Waals surface area (Å²) in [5, 5.41) is 3.39. The van der Waals surface area contributed by atoms with Crippen LogP contribution in [-0.4, -0.2) is 42.9 Å². The van der Waals surface area contributed by atoms with Gasteiger partial charge in [-0.1, -0.05) is 12.1 Å². The van der Waals surface area contributed by atoms with Crippen molar-refractivity contribution in [3.63, 3.8) is 0 Å². The molecular formula is C16H21N4O+. The second kappa shape index (κ2) is 5.42. The Bertz CT molecular complexity index is 616. The van der Waals surface area contributed by atoms with Gasteiger partial charge in [-0.15, -0.1) is 0 Å². The summed E-state index contributed by atoms with van der Waals surface area (Å²) in [6, 6.07) is 7.91. The number of nitrogens with one attached hydrogen (secondary N) is 1. The molecule has 0 aromatic heterocycles. The standard InChI is InChI=1S/C16H20N4O/c1-20(14-5-7-18-8-6-14)10-15(19-11-20)12-3-2-4-13(9-12)16(17)21/h2-4,9-11,14,18H,5-8H2,1H3,(H-,17,21)/p+1. The van der Waals surface area contributed by atoms with Gasteiger partial charge in [0.15, 0.2) is 6.34 Å². The number of piperidine rings is 1. The van der Waals surface area contributed by atoms with E-state index in [1.807, 2.05) is 24.5 Å². The number of hydrogen-bond acceptors (Lipinski definition) is 3. The molecule has 1 fully saturated rings. The number of carbonyl (C=O) groups is 1. The van der Waals surface area contributed by atoms with Crippen molar-refractivity contribution in [2.45, 2.75) is 18.9 Å². The smallest absolute Gasteiger partial charge is 0.248 e. The molecule has 0 aliphatic carbocycles. The summed E-state index contributed by atoms with van der Waals surface area (Å²) in [5.74, 6) is -0.407. The van der Waals surface area contributed by atoms with Crippen LogP contribution < -0.4 is 11.1 Å². The number of benzene rings is 1. The Hall–Kier alpha value is -1.98. The average Bonchev–Trinajstić information content (AvgIpc) is 2.92. The van der Waals surface area contributed by atoms with Crippen LogP contribution in [0.25, 0.3) is 5.70 Å². The van der Waals surface area contributed by atoms with Crippen LogP contribution in [-0.2, 0) is 0 Å². The fourth-order valence-corrected chi connectivity index (χ4v) is 3.06. The van der Waals surface area contributed by atoms with Gasteiger partial charge in [0, 0.05) is 37.1 Å². The van der Waals surface area contributed by atoms with Gasteiger partial charge in [0.2, 0.25) is 5.91 Å². The summed E-state index contributed by atoms with van der Waals surface area (Å²) < 4.78 is 0.734. The van der Waals surface area contributed by atoms with E-state index in [-0.39, 0.29) is 0 Å². The maximum absolute atomic E-state index is 11.3. The van der Waals surface area contributed by atoms with Crippen LogP contribution in [0.1, 0.15) is 28.8 Å². The van der Waals surface area contributed by atoms with Crippen LogP contribution in [0.15, 0.2) is 35.5 Å². The lowest BCUT2D eigenvalue weighted by atomic mass is 10.0. The van der Waals surface area contributed by atoms with E-state index in [0.29, 0.717) is 11.6 Å². The largest absolute Gasteiger partial charge is 0.366 e. The highest BCUT2D eigenvalue weighted by Gasteiger charge is 2.35. The van der Waals surface area contributed by atoms with Crippen molar-refractivity contribution in [3.05, 3.63) is 41.6 Å². The van der Waals surface area contributed by atoms with E-state index in [4.69, 9.17) is 5.73 Å². The van der Waals surface area contributed by atoms with Crippen molar-refractivity contribution in [1.29, 1.82) is 0 Å². The van der Waals surface area contributed by atoms with Crippen LogP contribution in [0.5, 0.6) is 0 Å². The zero-order valence-electron chi connectivity index (χ0n) is 12.2. The molecule has 21 heavy (non-hydrogen) atoms. The molecule has 1 aromatic rings. The third-order valence-electron chi connectivity index (χ3n) is 4.38. The minimum absolute atomic E-state index is 0.407. The number of amides is 1. The Morgan fingerprint density at radius 2 is 2.14 bits per heavy atom. The predicted molar refractivity (Wildman–Crippen MR) is 83.5 cm³/mol. The van der Waals surface area contributed by atoms with Crippen LogP contribution in [0.4, 0.5) is 0 Å². The van der Waals surface area contributed by atoms with Gasteiger partial charge in [-0.2, -0.15) is 4.99 Å². The van der Waals surface area contributed by atoms with E-state index >= 15 is 0 Å². The second-order valence-corrected chi connectivity index (χ2v) is 5.91. The fourth-order valence-electron chi connectivity index (χ4n) is 3.06. The Labute approximate surface area is 124 Å². The van der Waals surface area contributed by atoms with E-state index in [1.54, 1.807) is 6.07 Å². The van der Waals surface area contributed by atoms with Crippen molar-refractivity contribution in [1.82, 2.24) is 5.32 Å². The molecule has 1 saturated heterocycles. The number of nitrogens with zero attached hydrogens (tertiary/aromatic N) is 2. The molecule has 2 aliphatic rings. The van der Waals surface area contributed by atoms with Crippen molar-refractivity contribution in [3.8, 4) is 0 Å². The van der Waals surface area contributed by atoms with E-state index in [0.717, 1.165) is 41.7 Å². The zero-order chi connectivity index (χ0) is 14.9. The molecule has 1 atom stereocenters. The minimum atomic E-state index is -0.407. The van der Waals surface area contributed by atoms with Gasteiger partial charge in [0.1, 0.15) is 17.9 Å². The van der Waals surface area contributed by atoms with E-state index < -0.39 is 5.91 Å². The lowest BCUT2D eigenvalue weighted by Gasteiger charge is -2.34. The van der Waals surface area contributed by atoms with Crippen molar-refractivity contribution in [2.75, 3.05) is 20.1 Å². The highest BCUT2D eigenvalue weighted by molar-refractivity contribution is 5.93. The Balaban J connectivity index is 1.87. The minimum Gasteiger partial charge on any atom is -0.366 e. The third-order valence-corrected chi connectivity index (χ3v) is 4.38. The number of hydrogen-bond donors (Lipinski definition) is 2. The molecule has 0 radical (unpaired) electrons. The second-order valence-electron chi connectivity index (χ2n) is 5.91. The Kier molecular flexibility index (Phi) is 3.61. The van der Waals surface area contributed by atoms with Crippen molar-refractivity contribution in [2.24, 2.45) is 10.7 Å². The maximum atomic E-state index is 11.3. The molecular weight excluding hydrogens is 264 g/mol. The number of nitrogens with two attached hydrogens (primary N) is 1. The lowest BCUT2D eigenvalue weighted by Crippen LogP contribution is -2.50. The van der Waals surface area contributed by atoms with Gasteiger partial charge in [-0.05, 0) is 12.1 Å². The first-order valence-corrected chi connectivity index (χ1v) is 7.33. The quantitative estimate of drug-likeness (QED) is 0.823. The zero-order valence-corrected chi connectivity index (χ0v) is 12.2.